The van der Waals surface area contributed by atoms with Crippen molar-refractivity contribution in [2.75, 3.05) is 10.5 Å². The normalized spacial score (nSPS) is 11.9. The second-order valence-electron chi connectivity index (χ2n) is 6.64. The topological polar surface area (TPSA) is 79.3 Å². The van der Waals surface area contributed by atoms with E-state index in [1.807, 2.05) is 43.3 Å². The van der Waals surface area contributed by atoms with Crippen molar-refractivity contribution >= 4 is 59.8 Å². The van der Waals surface area contributed by atoms with Crippen LogP contribution in [-0.2, 0) is 10.0 Å². The largest absolute Gasteiger partial charge is 0.506 e. The Hall–Kier alpha value is -2.29. The number of hydrogen-bond acceptors (Lipinski definition) is 6. The van der Waals surface area contributed by atoms with E-state index in [1.165, 1.54) is 23.1 Å². The summed E-state index contributed by atoms with van der Waals surface area (Å²) in [5.74, 6) is 0.195. The molecule has 0 atom stereocenters. The monoisotopic (exact) mass is 444 g/mol. The highest BCUT2D eigenvalue weighted by molar-refractivity contribution is 8.01. The van der Waals surface area contributed by atoms with Crippen LogP contribution in [0.5, 0.6) is 5.75 Å². The first-order valence-electron chi connectivity index (χ1n) is 9.25. The van der Waals surface area contributed by atoms with Gasteiger partial charge in [0.05, 0.1) is 26.6 Å². The lowest BCUT2D eigenvalue weighted by Crippen LogP contribution is -2.16. The van der Waals surface area contributed by atoms with Crippen LogP contribution in [0.1, 0.15) is 19.8 Å². The van der Waals surface area contributed by atoms with Crippen LogP contribution in [0.3, 0.4) is 0 Å². The molecule has 1 heterocycles. The van der Waals surface area contributed by atoms with Crippen molar-refractivity contribution in [3.63, 3.8) is 0 Å². The molecule has 0 spiro atoms. The molecule has 0 aliphatic carbocycles. The zero-order chi connectivity index (χ0) is 20.4. The number of fused-ring (bicyclic) bond motifs is 2. The number of sulfonamides is 1. The van der Waals surface area contributed by atoms with Gasteiger partial charge >= 0.3 is 0 Å². The summed E-state index contributed by atoms with van der Waals surface area (Å²) in [6.07, 6.45) is 1.40. The average molecular weight is 445 g/mol. The SMILES string of the molecule is CCCCS(=O)(=O)Nc1cc(Sc2nc3ccccc3s2)c(O)c2ccccc12. The van der Waals surface area contributed by atoms with E-state index in [9.17, 15) is 13.5 Å². The summed E-state index contributed by atoms with van der Waals surface area (Å²) in [6, 6.07) is 16.8. The Morgan fingerprint density at radius 2 is 1.83 bits per heavy atom. The molecule has 0 fully saturated rings. The van der Waals surface area contributed by atoms with Crippen LogP contribution in [0.2, 0.25) is 0 Å². The molecule has 0 bridgehead atoms. The molecule has 4 rings (SSSR count). The molecule has 0 unspecified atom stereocenters. The molecule has 0 radical (unpaired) electrons. The number of hydrogen-bond donors (Lipinski definition) is 2. The number of aromatic hydroxyl groups is 1. The fraction of sp³-hybridized carbons (Fsp3) is 0.190. The van der Waals surface area contributed by atoms with E-state index in [1.54, 1.807) is 18.2 Å². The number of rotatable bonds is 7. The first-order chi connectivity index (χ1) is 14.0. The summed E-state index contributed by atoms with van der Waals surface area (Å²) in [5, 5.41) is 12.1. The predicted octanol–water partition coefficient (Wildman–Crippen LogP) is 5.85. The quantitative estimate of drug-likeness (QED) is 0.350. The van der Waals surface area contributed by atoms with Gasteiger partial charge in [0.1, 0.15) is 5.75 Å². The molecule has 5 nitrogen and oxygen atoms in total. The standard InChI is InChI=1S/C21H20N2O3S3/c1-2-3-12-29(25,26)23-17-13-19(20(24)15-9-5-4-8-14(15)17)28-21-22-16-10-6-7-11-18(16)27-21/h4-11,13,23-24H,2-3,12H2,1H3. The fourth-order valence-electron chi connectivity index (χ4n) is 3.04. The Morgan fingerprint density at radius 3 is 2.59 bits per heavy atom. The fourth-order valence-corrected chi connectivity index (χ4v) is 6.43. The van der Waals surface area contributed by atoms with Crippen molar-refractivity contribution in [3.05, 3.63) is 54.6 Å². The van der Waals surface area contributed by atoms with Crippen molar-refractivity contribution in [2.24, 2.45) is 0 Å². The lowest BCUT2D eigenvalue weighted by atomic mass is 10.1. The Morgan fingerprint density at radius 1 is 1.10 bits per heavy atom. The second kappa shape index (κ2) is 8.22. The van der Waals surface area contributed by atoms with Gasteiger partial charge in [0, 0.05) is 10.8 Å². The highest BCUT2D eigenvalue weighted by atomic mass is 32.2. The molecule has 2 N–H and O–H groups in total. The molecule has 0 saturated carbocycles. The van der Waals surface area contributed by atoms with Crippen LogP contribution in [0, 0.1) is 0 Å². The molecule has 0 aliphatic rings. The molecular formula is C21H20N2O3S3. The minimum atomic E-state index is -3.47. The van der Waals surface area contributed by atoms with Gasteiger partial charge in [-0.3, -0.25) is 4.72 Å². The number of benzene rings is 3. The smallest absolute Gasteiger partial charge is 0.232 e. The molecule has 29 heavy (non-hydrogen) atoms. The average Bonchev–Trinajstić information content (AvgIpc) is 3.12. The van der Waals surface area contributed by atoms with Crippen LogP contribution < -0.4 is 4.72 Å². The minimum Gasteiger partial charge on any atom is -0.506 e. The molecule has 150 valence electrons. The van der Waals surface area contributed by atoms with Crippen LogP contribution in [-0.4, -0.2) is 24.3 Å². The number of nitrogens with one attached hydrogen (secondary N) is 1. The minimum absolute atomic E-state index is 0.0685. The molecule has 3 aromatic carbocycles. The maximum Gasteiger partial charge on any atom is 0.232 e. The lowest BCUT2D eigenvalue weighted by Gasteiger charge is -2.14. The Balaban J connectivity index is 1.76. The Bertz CT molecular complexity index is 1250. The first kappa shape index (κ1) is 20.0. The predicted molar refractivity (Wildman–Crippen MR) is 122 cm³/mol. The summed E-state index contributed by atoms with van der Waals surface area (Å²) in [5.41, 5.74) is 1.37. The molecular weight excluding hydrogens is 424 g/mol. The van der Waals surface area contributed by atoms with E-state index in [4.69, 9.17) is 0 Å². The van der Waals surface area contributed by atoms with Crippen molar-refractivity contribution in [3.8, 4) is 5.75 Å². The van der Waals surface area contributed by atoms with E-state index in [0.29, 0.717) is 27.8 Å². The molecule has 8 heteroatoms. The van der Waals surface area contributed by atoms with E-state index < -0.39 is 10.0 Å². The number of nitrogens with zero attached hydrogens (tertiary/aromatic N) is 1. The number of aromatic nitrogens is 1. The number of phenolic OH excluding ortho intramolecular Hbond substituents is 1. The maximum atomic E-state index is 12.5. The first-order valence-corrected chi connectivity index (χ1v) is 12.5. The van der Waals surface area contributed by atoms with Crippen molar-refractivity contribution in [1.82, 2.24) is 4.98 Å². The Labute approximate surface area is 177 Å². The van der Waals surface area contributed by atoms with Gasteiger partial charge in [-0.05, 0) is 24.6 Å². The summed E-state index contributed by atoms with van der Waals surface area (Å²) in [6.45, 7) is 1.96. The Kier molecular flexibility index (Phi) is 5.67. The lowest BCUT2D eigenvalue weighted by molar-refractivity contribution is 0.469. The zero-order valence-electron chi connectivity index (χ0n) is 15.8. The van der Waals surface area contributed by atoms with Crippen LogP contribution in [0.4, 0.5) is 5.69 Å². The van der Waals surface area contributed by atoms with Gasteiger partial charge in [-0.15, -0.1) is 11.3 Å². The van der Waals surface area contributed by atoms with Crippen LogP contribution in [0.25, 0.3) is 21.0 Å². The van der Waals surface area contributed by atoms with Gasteiger partial charge in [0.25, 0.3) is 0 Å². The second-order valence-corrected chi connectivity index (χ2v) is 10.8. The van der Waals surface area contributed by atoms with Gasteiger partial charge in [-0.25, -0.2) is 13.4 Å². The molecule has 0 aliphatic heterocycles. The van der Waals surface area contributed by atoms with Gasteiger partial charge in [0.15, 0.2) is 4.34 Å². The summed E-state index contributed by atoms with van der Waals surface area (Å²) in [7, 11) is -3.47. The molecule has 1 aromatic heterocycles. The van der Waals surface area contributed by atoms with Gasteiger partial charge in [-0.1, -0.05) is 61.5 Å². The van der Waals surface area contributed by atoms with Gasteiger partial charge in [-0.2, -0.15) is 0 Å². The third-order valence-electron chi connectivity index (χ3n) is 4.48. The van der Waals surface area contributed by atoms with Crippen LogP contribution >= 0.6 is 23.1 Å². The van der Waals surface area contributed by atoms with E-state index in [2.05, 4.69) is 9.71 Å². The number of phenols is 1. The zero-order valence-corrected chi connectivity index (χ0v) is 18.2. The molecule has 0 amide bonds. The number of unbranched alkanes of at least 4 members (excludes halogenated alkanes) is 1. The molecule has 4 aromatic rings. The van der Waals surface area contributed by atoms with Crippen molar-refractivity contribution < 1.29 is 13.5 Å². The highest BCUT2D eigenvalue weighted by Crippen LogP contribution is 2.44. The van der Waals surface area contributed by atoms with Gasteiger partial charge < -0.3 is 5.11 Å². The van der Waals surface area contributed by atoms with Crippen molar-refractivity contribution in [1.29, 1.82) is 0 Å². The third kappa shape index (κ3) is 4.34. The van der Waals surface area contributed by atoms with E-state index in [0.717, 1.165) is 21.0 Å². The highest BCUT2D eigenvalue weighted by Gasteiger charge is 2.18. The van der Waals surface area contributed by atoms with Crippen molar-refractivity contribution in [2.45, 2.75) is 29.0 Å². The van der Waals surface area contributed by atoms with E-state index >= 15 is 0 Å². The van der Waals surface area contributed by atoms with Crippen LogP contribution in [0.15, 0.2) is 63.8 Å². The summed E-state index contributed by atoms with van der Waals surface area (Å²) >= 11 is 2.87. The van der Waals surface area contributed by atoms with Gasteiger partial charge in [0.2, 0.25) is 10.0 Å². The van der Waals surface area contributed by atoms with E-state index in [-0.39, 0.29) is 11.5 Å². The third-order valence-corrected chi connectivity index (χ3v) is 7.97. The molecule has 0 saturated heterocycles. The number of anilines is 1. The summed E-state index contributed by atoms with van der Waals surface area (Å²) in [4.78, 5) is 5.17. The summed E-state index contributed by atoms with van der Waals surface area (Å²) < 4.78 is 29.5. The number of thiazole rings is 1. The maximum absolute atomic E-state index is 12.5. The number of para-hydroxylation sites is 1.